The summed E-state index contributed by atoms with van der Waals surface area (Å²) >= 11 is 0. The molecule has 5 aromatic rings. The Kier molecular flexibility index (Phi) is 4.22. The lowest BCUT2D eigenvalue weighted by Crippen LogP contribution is -2.43. The minimum absolute atomic E-state index is 0.203. The van der Waals surface area contributed by atoms with E-state index < -0.39 is 0 Å². The summed E-state index contributed by atoms with van der Waals surface area (Å²) < 4.78 is 8.05. The first kappa shape index (κ1) is 18.4. The van der Waals surface area contributed by atoms with Crippen molar-refractivity contribution < 1.29 is 4.74 Å². The number of benzene rings is 4. The topological polar surface area (TPSA) is 14.2 Å². The summed E-state index contributed by atoms with van der Waals surface area (Å²) in [5.41, 5.74) is 7.83. The molecule has 0 aliphatic carbocycles. The van der Waals surface area contributed by atoms with Gasteiger partial charge in [-0.3, -0.25) is 0 Å². The molecule has 1 saturated heterocycles. The van der Waals surface area contributed by atoms with Crippen LogP contribution in [0, 0.1) is 5.41 Å². The molecule has 0 saturated carbocycles. The number of hydrogen-bond donors (Lipinski definition) is 0. The van der Waals surface area contributed by atoms with E-state index in [1.807, 2.05) is 0 Å². The van der Waals surface area contributed by atoms with Gasteiger partial charge in [-0.2, -0.15) is 0 Å². The fourth-order valence-electron chi connectivity index (χ4n) is 4.82. The molecule has 4 aromatic carbocycles. The highest BCUT2D eigenvalue weighted by atomic mass is 16.5. The molecule has 2 heteroatoms. The van der Waals surface area contributed by atoms with Crippen molar-refractivity contribution in [3.8, 4) is 22.3 Å². The highest BCUT2D eigenvalue weighted by Gasteiger charge is 2.34. The van der Waals surface area contributed by atoms with Crippen LogP contribution >= 0.6 is 0 Å². The molecule has 0 unspecified atom stereocenters. The van der Waals surface area contributed by atoms with E-state index in [1.165, 1.54) is 44.1 Å². The fourth-order valence-corrected chi connectivity index (χ4v) is 4.82. The number of fused-ring (bicyclic) bond motifs is 3. The van der Waals surface area contributed by atoms with Gasteiger partial charge in [-0.1, -0.05) is 79.7 Å². The summed E-state index contributed by atoms with van der Waals surface area (Å²) in [4.78, 5) is 0. The van der Waals surface area contributed by atoms with Gasteiger partial charge in [0, 0.05) is 33.8 Å². The second-order valence-corrected chi connectivity index (χ2v) is 9.09. The molecular weight excluding hydrogens is 378 g/mol. The summed E-state index contributed by atoms with van der Waals surface area (Å²) in [5, 5.41) is 2.64. The van der Waals surface area contributed by atoms with Gasteiger partial charge in [0.25, 0.3) is 0 Å². The monoisotopic (exact) mass is 403 g/mol. The lowest BCUT2D eigenvalue weighted by molar-refractivity contribution is -0.109. The Balaban J connectivity index is 1.59. The Morgan fingerprint density at radius 3 is 1.55 bits per heavy atom. The number of nitrogens with zero attached hydrogens (tertiary/aromatic N) is 1. The van der Waals surface area contributed by atoms with Crippen molar-refractivity contribution in [3.05, 3.63) is 97.1 Å². The number of aromatic nitrogens is 1. The average molecular weight is 404 g/mol. The zero-order valence-electron chi connectivity index (χ0n) is 17.7. The number of rotatable bonds is 4. The molecule has 0 amide bonds. The van der Waals surface area contributed by atoms with Crippen LogP contribution in [0.1, 0.15) is 6.92 Å². The maximum atomic E-state index is 5.55. The molecule has 1 aliphatic rings. The van der Waals surface area contributed by atoms with Crippen molar-refractivity contribution in [3.63, 3.8) is 0 Å². The van der Waals surface area contributed by atoms with Crippen molar-refractivity contribution in [2.24, 2.45) is 5.41 Å². The first-order chi connectivity index (χ1) is 15.2. The molecule has 0 atom stereocenters. The minimum Gasteiger partial charge on any atom is -0.380 e. The molecule has 152 valence electrons. The summed E-state index contributed by atoms with van der Waals surface area (Å²) in [6.07, 6.45) is 0. The van der Waals surface area contributed by atoms with Gasteiger partial charge in [-0.15, -0.1) is 0 Å². The van der Waals surface area contributed by atoms with Gasteiger partial charge in [-0.25, -0.2) is 0 Å². The third-order valence-corrected chi connectivity index (χ3v) is 6.52. The van der Waals surface area contributed by atoms with E-state index in [4.69, 9.17) is 4.74 Å². The highest BCUT2D eigenvalue weighted by Crippen LogP contribution is 2.38. The predicted octanol–water partition coefficient (Wildman–Crippen LogP) is 7.17. The maximum absolute atomic E-state index is 5.55. The lowest BCUT2D eigenvalue weighted by atomic mass is 9.88. The SMILES string of the molecule is CC1(Cn2c3ccc(-c4ccccc4)cc3c3cc(-c4ccccc4)ccc32)COC1. The fraction of sp³-hybridized carbons (Fsp3) is 0.172. The molecule has 1 fully saturated rings. The minimum atomic E-state index is 0.203. The molecule has 0 N–H and O–H groups in total. The van der Waals surface area contributed by atoms with Crippen molar-refractivity contribution >= 4 is 21.8 Å². The smallest absolute Gasteiger partial charge is 0.0559 e. The first-order valence-electron chi connectivity index (χ1n) is 10.9. The molecule has 0 spiro atoms. The third kappa shape index (κ3) is 3.15. The van der Waals surface area contributed by atoms with Crippen LogP contribution in [0.4, 0.5) is 0 Å². The van der Waals surface area contributed by atoms with Crippen molar-refractivity contribution in [2.45, 2.75) is 13.5 Å². The lowest BCUT2D eigenvalue weighted by Gasteiger charge is -2.38. The highest BCUT2D eigenvalue weighted by molar-refractivity contribution is 6.10. The Morgan fingerprint density at radius 2 is 1.13 bits per heavy atom. The van der Waals surface area contributed by atoms with Gasteiger partial charge in [0.15, 0.2) is 0 Å². The number of hydrogen-bond acceptors (Lipinski definition) is 1. The Morgan fingerprint density at radius 1 is 0.645 bits per heavy atom. The molecule has 6 rings (SSSR count). The largest absolute Gasteiger partial charge is 0.380 e. The van der Waals surface area contributed by atoms with Gasteiger partial charge in [0.2, 0.25) is 0 Å². The number of ether oxygens (including phenoxy) is 1. The Labute approximate surface area is 182 Å². The van der Waals surface area contributed by atoms with Crippen LogP contribution in [0.5, 0.6) is 0 Å². The van der Waals surface area contributed by atoms with E-state index in [-0.39, 0.29) is 5.41 Å². The van der Waals surface area contributed by atoms with Crippen molar-refractivity contribution in [1.82, 2.24) is 4.57 Å². The van der Waals surface area contributed by atoms with Crippen molar-refractivity contribution in [2.75, 3.05) is 13.2 Å². The summed E-state index contributed by atoms with van der Waals surface area (Å²) in [6.45, 7) is 4.96. The normalized spacial score (nSPS) is 15.3. The van der Waals surface area contributed by atoms with E-state index in [1.54, 1.807) is 0 Å². The van der Waals surface area contributed by atoms with Crippen LogP contribution < -0.4 is 0 Å². The van der Waals surface area contributed by atoms with E-state index >= 15 is 0 Å². The van der Waals surface area contributed by atoms with Gasteiger partial charge in [-0.05, 0) is 46.5 Å². The third-order valence-electron chi connectivity index (χ3n) is 6.52. The van der Waals surface area contributed by atoms with E-state index in [2.05, 4.69) is 109 Å². The van der Waals surface area contributed by atoms with Crippen LogP contribution in [0.25, 0.3) is 44.1 Å². The molecule has 1 aliphatic heterocycles. The maximum Gasteiger partial charge on any atom is 0.0559 e. The van der Waals surface area contributed by atoms with Crippen LogP contribution in [0.15, 0.2) is 97.1 Å². The second-order valence-electron chi connectivity index (χ2n) is 9.09. The summed E-state index contributed by atoms with van der Waals surface area (Å²) in [6, 6.07) is 35.1. The predicted molar refractivity (Wildman–Crippen MR) is 129 cm³/mol. The van der Waals surface area contributed by atoms with E-state index in [0.717, 1.165) is 19.8 Å². The first-order valence-corrected chi connectivity index (χ1v) is 10.9. The van der Waals surface area contributed by atoms with Gasteiger partial charge >= 0.3 is 0 Å². The van der Waals surface area contributed by atoms with E-state index in [9.17, 15) is 0 Å². The van der Waals surface area contributed by atoms with E-state index in [0.29, 0.717) is 0 Å². The summed E-state index contributed by atoms with van der Waals surface area (Å²) in [7, 11) is 0. The van der Waals surface area contributed by atoms with Crippen LogP contribution in [-0.2, 0) is 11.3 Å². The average Bonchev–Trinajstić information content (AvgIpc) is 3.11. The molecule has 1 aromatic heterocycles. The summed E-state index contributed by atoms with van der Waals surface area (Å²) in [5.74, 6) is 0. The molecule has 0 bridgehead atoms. The second kappa shape index (κ2) is 7.11. The van der Waals surface area contributed by atoms with Gasteiger partial charge in [0.1, 0.15) is 0 Å². The molecule has 2 heterocycles. The molecule has 2 nitrogen and oxygen atoms in total. The van der Waals surface area contributed by atoms with Crippen LogP contribution in [-0.4, -0.2) is 17.8 Å². The van der Waals surface area contributed by atoms with Gasteiger partial charge in [0.05, 0.1) is 13.2 Å². The Bertz CT molecular complexity index is 1280. The zero-order chi connectivity index (χ0) is 20.8. The molecular formula is C29H25NO. The standard InChI is InChI=1S/C29H25NO/c1-29(19-31-20-29)18-30-27-14-12-23(21-8-4-2-5-9-21)16-25(27)26-17-24(13-15-28(26)30)22-10-6-3-7-11-22/h2-17H,18-20H2,1H3. The molecule has 0 radical (unpaired) electrons. The van der Waals surface area contributed by atoms with Gasteiger partial charge < -0.3 is 9.30 Å². The van der Waals surface area contributed by atoms with Crippen LogP contribution in [0.2, 0.25) is 0 Å². The molecule has 31 heavy (non-hydrogen) atoms. The Hall–Kier alpha value is -3.36. The van der Waals surface area contributed by atoms with Crippen LogP contribution in [0.3, 0.4) is 0 Å². The zero-order valence-corrected chi connectivity index (χ0v) is 17.7. The van der Waals surface area contributed by atoms with Crippen molar-refractivity contribution in [1.29, 1.82) is 0 Å². The quantitative estimate of drug-likeness (QED) is 0.310.